The fraction of sp³-hybridized carbons (Fsp3) is 0.588. The Morgan fingerprint density at radius 3 is 1.76 bits per heavy atom. The average Bonchev–Trinajstić information content (AvgIpc) is 2.71. The molecule has 0 fully saturated rings. The number of nitrogens with one attached hydrogen (secondary N) is 3. The van der Waals surface area contributed by atoms with Crippen LogP contribution in [-0.4, -0.2) is 83.0 Å². The van der Waals surface area contributed by atoms with Crippen LogP contribution in [0.3, 0.4) is 0 Å². The number of carboxylic acids is 1. The molecule has 14 N–H and O–H groups in total. The van der Waals surface area contributed by atoms with Crippen molar-refractivity contribution in [3.63, 3.8) is 0 Å². The zero-order valence-electron chi connectivity index (χ0n) is 18.2. The Morgan fingerprint density at radius 2 is 1.29 bits per heavy atom. The van der Waals surface area contributed by atoms with Crippen LogP contribution in [0.2, 0.25) is 0 Å². The van der Waals surface area contributed by atoms with Crippen LogP contribution >= 0.6 is 12.6 Å². The summed E-state index contributed by atoms with van der Waals surface area (Å²) in [5, 5.41) is 15.9. The van der Waals surface area contributed by atoms with Crippen LogP contribution in [0.25, 0.3) is 0 Å². The van der Waals surface area contributed by atoms with Crippen LogP contribution in [0.4, 0.5) is 0 Å². The summed E-state index contributed by atoms with van der Waals surface area (Å²) in [6.45, 7) is 0.124. The van der Waals surface area contributed by atoms with E-state index < -0.39 is 72.5 Å². The Morgan fingerprint density at radius 1 is 0.794 bits per heavy atom. The SMILES string of the molecule is NC(=O)CC(N)C(=O)NC(CCCN=C(N)N)C(=O)NC(CS)C(=O)NC(CC(N)=O)C(=O)O. The largest absolute Gasteiger partial charge is 0.480 e. The molecule has 0 aromatic carbocycles. The number of aliphatic imine (C=N–C) groups is 1. The van der Waals surface area contributed by atoms with Gasteiger partial charge in [0.2, 0.25) is 29.5 Å². The van der Waals surface area contributed by atoms with E-state index in [4.69, 9.17) is 33.8 Å². The van der Waals surface area contributed by atoms with Gasteiger partial charge in [-0.2, -0.15) is 12.6 Å². The molecule has 4 atom stereocenters. The lowest BCUT2D eigenvalue weighted by molar-refractivity contribution is -0.143. The third kappa shape index (κ3) is 12.4. The number of nitrogens with zero attached hydrogens (tertiary/aromatic N) is 1. The van der Waals surface area contributed by atoms with Gasteiger partial charge >= 0.3 is 5.97 Å². The van der Waals surface area contributed by atoms with Gasteiger partial charge in [-0.15, -0.1) is 0 Å². The number of carboxylic acid groups (broad SMARTS) is 1. The molecule has 0 saturated carbocycles. The van der Waals surface area contributed by atoms with Crippen molar-refractivity contribution >= 4 is 54.1 Å². The molecule has 4 unspecified atom stereocenters. The van der Waals surface area contributed by atoms with Crippen molar-refractivity contribution < 1.29 is 33.9 Å². The Bertz CT molecular complexity index is 804. The molecule has 0 aliphatic rings. The van der Waals surface area contributed by atoms with Gasteiger partial charge in [-0.25, -0.2) is 4.79 Å². The van der Waals surface area contributed by atoms with E-state index in [0.29, 0.717) is 0 Å². The Balaban J connectivity index is 5.39. The van der Waals surface area contributed by atoms with E-state index in [1.165, 1.54) is 0 Å². The summed E-state index contributed by atoms with van der Waals surface area (Å²) in [5.74, 6) is -6.36. The minimum absolute atomic E-state index is 0.0119. The van der Waals surface area contributed by atoms with E-state index in [-0.39, 0.29) is 31.1 Å². The number of primary amides is 2. The molecule has 192 valence electrons. The normalized spacial score (nSPS) is 13.9. The van der Waals surface area contributed by atoms with Crippen LogP contribution in [0.1, 0.15) is 25.7 Å². The van der Waals surface area contributed by atoms with E-state index in [2.05, 4.69) is 33.6 Å². The first-order valence-corrected chi connectivity index (χ1v) is 10.5. The molecular formula is C17H31N9O7S. The monoisotopic (exact) mass is 505 g/mol. The minimum atomic E-state index is -1.62. The van der Waals surface area contributed by atoms with Gasteiger partial charge in [0, 0.05) is 12.3 Å². The van der Waals surface area contributed by atoms with E-state index in [1.807, 2.05) is 0 Å². The highest BCUT2D eigenvalue weighted by Gasteiger charge is 2.30. The first-order valence-electron chi connectivity index (χ1n) is 9.90. The number of carbonyl (C=O) groups is 6. The highest BCUT2D eigenvalue weighted by Crippen LogP contribution is 2.03. The maximum absolute atomic E-state index is 12.8. The van der Waals surface area contributed by atoms with Gasteiger partial charge in [0.15, 0.2) is 5.96 Å². The predicted octanol–water partition coefficient (Wildman–Crippen LogP) is -5.41. The van der Waals surface area contributed by atoms with Crippen LogP contribution in [0, 0.1) is 0 Å². The molecule has 0 aromatic heterocycles. The minimum Gasteiger partial charge on any atom is -0.480 e. The Hall–Kier alpha value is -3.60. The van der Waals surface area contributed by atoms with Crippen molar-refractivity contribution in [3.05, 3.63) is 0 Å². The van der Waals surface area contributed by atoms with E-state index in [1.54, 1.807) is 0 Å². The second-order valence-corrected chi connectivity index (χ2v) is 7.47. The Labute approximate surface area is 200 Å². The number of hydrogen-bond donors (Lipinski definition) is 10. The number of rotatable bonds is 16. The first kappa shape index (κ1) is 30.4. The molecule has 0 bridgehead atoms. The molecule has 0 aromatic rings. The van der Waals surface area contributed by atoms with Crippen molar-refractivity contribution in [3.8, 4) is 0 Å². The van der Waals surface area contributed by atoms with Gasteiger partial charge in [-0.1, -0.05) is 0 Å². The number of thiol groups is 1. The third-order valence-corrected chi connectivity index (χ3v) is 4.54. The lowest BCUT2D eigenvalue weighted by Gasteiger charge is -2.24. The number of nitrogens with two attached hydrogens (primary N) is 5. The van der Waals surface area contributed by atoms with E-state index in [9.17, 15) is 28.8 Å². The van der Waals surface area contributed by atoms with Crippen molar-refractivity contribution in [1.29, 1.82) is 0 Å². The average molecular weight is 506 g/mol. The molecule has 16 nitrogen and oxygen atoms in total. The van der Waals surface area contributed by atoms with Gasteiger partial charge in [0.05, 0.1) is 18.9 Å². The fourth-order valence-electron chi connectivity index (χ4n) is 2.50. The second kappa shape index (κ2) is 15.3. The molecule has 0 saturated heterocycles. The molecule has 0 aliphatic carbocycles. The molecular weight excluding hydrogens is 474 g/mol. The number of carbonyl (C=O) groups excluding carboxylic acids is 5. The van der Waals surface area contributed by atoms with Gasteiger partial charge in [0.25, 0.3) is 0 Å². The van der Waals surface area contributed by atoms with Crippen LogP contribution in [0.15, 0.2) is 4.99 Å². The second-order valence-electron chi connectivity index (χ2n) is 7.10. The highest BCUT2D eigenvalue weighted by molar-refractivity contribution is 7.80. The molecule has 0 rings (SSSR count). The summed E-state index contributed by atoms with van der Waals surface area (Å²) in [6.07, 6.45) is -0.890. The lowest BCUT2D eigenvalue weighted by atomic mass is 10.1. The summed E-state index contributed by atoms with van der Waals surface area (Å²) in [6, 6.07) is -5.50. The van der Waals surface area contributed by atoms with Gasteiger partial charge in [-0.05, 0) is 12.8 Å². The zero-order chi connectivity index (χ0) is 26.4. The summed E-state index contributed by atoms with van der Waals surface area (Å²) in [7, 11) is 0. The summed E-state index contributed by atoms with van der Waals surface area (Å²) in [5.41, 5.74) is 26.1. The third-order valence-electron chi connectivity index (χ3n) is 4.17. The van der Waals surface area contributed by atoms with Gasteiger partial charge in [-0.3, -0.25) is 29.0 Å². The predicted molar refractivity (Wildman–Crippen MR) is 123 cm³/mol. The molecule has 0 aliphatic heterocycles. The van der Waals surface area contributed by atoms with Gasteiger partial charge < -0.3 is 49.7 Å². The maximum Gasteiger partial charge on any atom is 0.326 e. The number of guanidine groups is 1. The molecule has 0 heterocycles. The van der Waals surface area contributed by atoms with Crippen molar-refractivity contribution in [2.45, 2.75) is 49.9 Å². The van der Waals surface area contributed by atoms with E-state index >= 15 is 0 Å². The highest BCUT2D eigenvalue weighted by atomic mass is 32.1. The van der Waals surface area contributed by atoms with Crippen LogP contribution < -0.4 is 44.6 Å². The van der Waals surface area contributed by atoms with E-state index in [0.717, 1.165) is 0 Å². The van der Waals surface area contributed by atoms with Crippen LogP contribution in [-0.2, 0) is 28.8 Å². The van der Waals surface area contributed by atoms with Crippen molar-refractivity contribution in [2.75, 3.05) is 12.3 Å². The number of aliphatic carboxylic acids is 1. The molecule has 0 spiro atoms. The van der Waals surface area contributed by atoms with Crippen molar-refractivity contribution in [1.82, 2.24) is 16.0 Å². The topological polar surface area (TPSA) is 301 Å². The quantitative estimate of drug-likeness (QED) is 0.0410. The smallest absolute Gasteiger partial charge is 0.326 e. The summed E-state index contributed by atoms with van der Waals surface area (Å²) < 4.78 is 0. The van der Waals surface area contributed by atoms with Crippen LogP contribution in [0.5, 0.6) is 0 Å². The number of amides is 5. The fourth-order valence-corrected chi connectivity index (χ4v) is 2.76. The maximum atomic E-state index is 12.8. The van der Waals surface area contributed by atoms with Crippen molar-refractivity contribution in [2.24, 2.45) is 33.7 Å². The molecule has 34 heavy (non-hydrogen) atoms. The summed E-state index contributed by atoms with van der Waals surface area (Å²) in [4.78, 5) is 74.4. The summed E-state index contributed by atoms with van der Waals surface area (Å²) >= 11 is 3.97. The Kier molecular flexibility index (Phi) is 13.7. The number of hydrogen-bond acceptors (Lipinski definition) is 9. The zero-order valence-corrected chi connectivity index (χ0v) is 19.1. The molecule has 0 radical (unpaired) electrons. The molecule has 17 heteroatoms. The first-order chi connectivity index (χ1) is 15.8. The standard InChI is InChI=1S/C17H31N9O7S/c18-7(4-11(19)27)13(29)24-8(2-1-3-23-17(21)22)14(30)26-10(6-34)15(31)25-9(16(32)33)5-12(20)28/h7-10,34H,1-6,18H2,(H2,19,27)(H2,20,28)(H,24,29)(H,25,31)(H,26,30)(H,32,33)(H4,21,22,23). The molecule has 5 amide bonds. The lowest BCUT2D eigenvalue weighted by Crippen LogP contribution is -2.58. The van der Waals surface area contributed by atoms with Gasteiger partial charge in [0.1, 0.15) is 18.1 Å².